The average molecular weight is 254 g/mol. The van der Waals surface area contributed by atoms with Crippen molar-refractivity contribution < 1.29 is 4.74 Å². The van der Waals surface area contributed by atoms with Crippen LogP contribution < -0.4 is 5.32 Å². The predicted molar refractivity (Wildman–Crippen MR) is 80.0 cm³/mol. The van der Waals surface area contributed by atoms with Gasteiger partial charge in [-0.3, -0.25) is 4.90 Å². The van der Waals surface area contributed by atoms with E-state index in [9.17, 15) is 0 Å². The second-order valence-corrected chi connectivity index (χ2v) is 5.04. The van der Waals surface area contributed by atoms with Crippen molar-refractivity contribution in [2.75, 3.05) is 33.3 Å². The Morgan fingerprint density at radius 1 is 1.28 bits per heavy atom. The van der Waals surface area contributed by atoms with E-state index in [1.165, 1.54) is 0 Å². The fraction of sp³-hybridized carbons (Fsp3) is 0.733. The van der Waals surface area contributed by atoms with E-state index < -0.39 is 0 Å². The number of nitrogens with zero attached hydrogens (tertiary/aromatic N) is 1. The Bertz CT molecular complexity index is 229. The van der Waals surface area contributed by atoms with Gasteiger partial charge in [0.15, 0.2) is 0 Å². The van der Waals surface area contributed by atoms with Gasteiger partial charge in [-0.05, 0) is 26.8 Å². The molecule has 1 atom stereocenters. The minimum Gasteiger partial charge on any atom is -0.377 e. The highest BCUT2D eigenvalue weighted by molar-refractivity contribution is 4.87. The summed E-state index contributed by atoms with van der Waals surface area (Å²) in [6, 6.07) is 0.352. The Kier molecular flexibility index (Phi) is 8.98. The summed E-state index contributed by atoms with van der Waals surface area (Å²) >= 11 is 0. The van der Waals surface area contributed by atoms with Gasteiger partial charge >= 0.3 is 0 Å². The molecular formula is C15H30N2O. The van der Waals surface area contributed by atoms with Gasteiger partial charge in [-0.25, -0.2) is 0 Å². The molecule has 0 aliphatic carbocycles. The van der Waals surface area contributed by atoms with Crippen LogP contribution in [0.25, 0.3) is 0 Å². The van der Waals surface area contributed by atoms with Gasteiger partial charge in [0, 0.05) is 32.8 Å². The number of likely N-dealkylation sites (N-methyl/N-ethyl adjacent to an activating group) is 1. The van der Waals surface area contributed by atoms with Crippen molar-refractivity contribution in [3.63, 3.8) is 0 Å². The fourth-order valence-corrected chi connectivity index (χ4v) is 2.02. The predicted octanol–water partition coefficient (Wildman–Crippen LogP) is 2.45. The van der Waals surface area contributed by atoms with Crippen LogP contribution >= 0.6 is 0 Å². The van der Waals surface area contributed by atoms with Crippen molar-refractivity contribution in [2.24, 2.45) is 0 Å². The molecule has 0 saturated carbocycles. The largest absolute Gasteiger partial charge is 0.377 e. The summed E-state index contributed by atoms with van der Waals surface area (Å²) in [5.41, 5.74) is -0.149. The van der Waals surface area contributed by atoms with E-state index >= 15 is 0 Å². The van der Waals surface area contributed by atoms with E-state index in [-0.39, 0.29) is 5.60 Å². The molecule has 0 rings (SSSR count). The highest BCUT2D eigenvalue weighted by Crippen LogP contribution is 2.17. The van der Waals surface area contributed by atoms with Gasteiger partial charge in [0.25, 0.3) is 0 Å². The Morgan fingerprint density at radius 3 is 2.22 bits per heavy atom. The van der Waals surface area contributed by atoms with E-state index in [0.717, 1.165) is 32.6 Å². The Hall–Kier alpha value is -0.640. The normalized spacial score (nSPS) is 13.6. The molecule has 0 heterocycles. The van der Waals surface area contributed by atoms with E-state index in [4.69, 9.17) is 4.74 Å². The molecule has 106 valence electrons. The number of hydrogen-bond acceptors (Lipinski definition) is 3. The van der Waals surface area contributed by atoms with Crippen LogP contribution in [0.15, 0.2) is 25.3 Å². The zero-order chi connectivity index (χ0) is 14.0. The van der Waals surface area contributed by atoms with Crippen molar-refractivity contribution in [3.05, 3.63) is 25.3 Å². The van der Waals surface area contributed by atoms with Crippen LogP contribution in [-0.2, 0) is 4.74 Å². The zero-order valence-electron chi connectivity index (χ0n) is 12.5. The zero-order valence-corrected chi connectivity index (χ0v) is 12.5. The summed E-state index contributed by atoms with van der Waals surface area (Å²) in [6.07, 6.45) is 4.93. The maximum atomic E-state index is 5.58. The molecule has 0 aromatic carbocycles. The minimum atomic E-state index is -0.149. The molecule has 3 nitrogen and oxygen atoms in total. The first-order valence-electron chi connectivity index (χ1n) is 6.74. The van der Waals surface area contributed by atoms with Gasteiger partial charge in [-0.2, -0.15) is 0 Å². The summed E-state index contributed by atoms with van der Waals surface area (Å²) in [5, 5.41) is 3.51. The smallest absolute Gasteiger partial charge is 0.0775 e. The molecule has 0 aromatic rings. The van der Waals surface area contributed by atoms with Crippen LogP contribution in [0.2, 0.25) is 0 Å². The second kappa shape index (κ2) is 9.31. The van der Waals surface area contributed by atoms with Crippen molar-refractivity contribution in [1.29, 1.82) is 0 Å². The summed E-state index contributed by atoms with van der Waals surface area (Å²) in [4.78, 5) is 2.33. The number of rotatable bonds is 11. The molecule has 1 unspecified atom stereocenters. The Morgan fingerprint density at radius 2 is 1.83 bits per heavy atom. The summed E-state index contributed by atoms with van der Waals surface area (Å²) in [7, 11) is 1.77. The molecule has 1 N–H and O–H groups in total. The first-order valence-corrected chi connectivity index (χ1v) is 6.74. The highest BCUT2D eigenvalue weighted by Gasteiger charge is 2.28. The lowest BCUT2D eigenvalue weighted by molar-refractivity contribution is -0.0140. The molecule has 0 aliphatic rings. The number of methoxy groups -OCH3 is 1. The quantitative estimate of drug-likeness (QED) is 0.573. The van der Waals surface area contributed by atoms with Crippen LogP contribution in [0.1, 0.15) is 27.2 Å². The molecular weight excluding hydrogens is 224 g/mol. The second-order valence-electron chi connectivity index (χ2n) is 5.04. The van der Waals surface area contributed by atoms with Crippen LogP contribution in [0.3, 0.4) is 0 Å². The van der Waals surface area contributed by atoms with Gasteiger partial charge in [0.1, 0.15) is 0 Å². The molecule has 18 heavy (non-hydrogen) atoms. The molecule has 0 saturated heterocycles. The molecule has 3 heteroatoms. The maximum Gasteiger partial charge on any atom is 0.0775 e. The van der Waals surface area contributed by atoms with Gasteiger partial charge < -0.3 is 10.1 Å². The van der Waals surface area contributed by atoms with Crippen LogP contribution in [-0.4, -0.2) is 49.8 Å². The van der Waals surface area contributed by atoms with Crippen LogP contribution in [0.5, 0.6) is 0 Å². The Balaban J connectivity index is 4.39. The van der Waals surface area contributed by atoms with E-state index in [1.54, 1.807) is 7.11 Å². The average Bonchev–Trinajstić information content (AvgIpc) is 2.34. The first-order chi connectivity index (χ1) is 8.51. The van der Waals surface area contributed by atoms with Crippen molar-refractivity contribution in [3.8, 4) is 0 Å². The lowest BCUT2D eigenvalue weighted by Gasteiger charge is -2.35. The third-order valence-corrected chi connectivity index (χ3v) is 3.32. The lowest BCUT2D eigenvalue weighted by Crippen LogP contribution is -2.49. The highest BCUT2D eigenvalue weighted by atomic mass is 16.5. The van der Waals surface area contributed by atoms with E-state index in [2.05, 4.69) is 44.1 Å². The topological polar surface area (TPSA) is 24.5 Å². The molecule has 0 fully saturated rings. The first kappa shape index (κ1) is 17.4. The summed E-state index contributed by atoms with van der Waals surface area (Å²) < 4.78 is 5.58. The van der Waals surface area contributed by atoms with E-state index in [0.29, 0.717) is 6.04 Å². The molecule has 0 radical (unpaired) electrons. The van der Waals surface area contributed by atoms with Crippen molar-refractivity contribution in [2.45, 2.75) is 38.8 Å². The van der Waals surface area contributed by atoms with Crippen LogP contribution in [0.4, 0.5) is 0 Å². The van der Waals surface area contributed by atoms with Gasteiger partial charge in [0.05, 0.1) is 5.60 Å². The lowest BCUT2D eigenvalue weighted by atomic mass is 9.95. The van der Waals surface area contributed by atoms with Crippen molar-refractivity contribution >= 4 is 0 Å². The standard InChI is InChI=1S/C15H30N2O/c1-7-11-17(12-8-2)13-10-14(16-9-3)15(4,5)18-6/h7-8,14,16H,1-2,9-13H2,3-6H3. The molecule has 0 aliphatic heterocycles. The molecule has 0 spiro atoms. The summed E-state index contributed by atoms with van der Waals surface area (Å²) in [5.74, 6) is 0. The number of hydrogen-bond donors (Lipinski definition) is 1. The molecule has 0 aromatic heterocycles. The fourth-order valence-electron chi connectivity index (χ4n) is 2.02. The van der Waals surface area contributed by atoms with Gasteiger partial charge in [-0.15, -0.1) is 13.2 Å². The molecule has 0 amide bonds. The van der Waals surface area contributed by atoms with Crippen molar-refractivity contribution in [1.82, 2.24) is 10.2 Å². The number of nitrogens with one attached hydrogen (secondary N) is 1. The van der Waals surface area contributed by atoms with Crippen LogP contribution in [0, 0.1) is 0 Å². The third-order valence-electron chi connectivity index (χ3n) is 3.32. The number of ether oxygens (including phenoxy) is 1. The monoisotopic (exact) mass is 254 g/mol. The minimum absolute atomic E-state index is 0.149. The van der Waals surface area contributed by atoms with E-state index in [1.807, 2.05) is 12.2 Å². The maximum absolute atomic E-state index is 5.58. The van der Waals surface area contributed by atoms with Gasteiger partial charge in [-0.1, -0.05) is 19.1 Å². The van der Waals surface area contributed by atoms with Gasteiger partial charge in [0.2, 0.25) is 0 Å². The summed E-state index contributed by atoms with van der Waals surface area (Å²) in [6.45, 7) is 17.8. The molecule has 0 bridgehead atoms. The Labute approximate surface area is 113 Å². The third kappa shape index (κ3) is 6.34. The SMILES string of the molecule is C=CCN(CC=C)CCC(NCC)C(C)(C)OC.